The molecule has 1 aromatic carbocycles. The first-order valence-corrected chi connectivity index (χ1v) is 9.09. The van der Waals surface area contributed by atoms with Crippen molar-refractivity contribution in [2.24, 2.45) is 11.7 Å². The molecule has 0 spiro atoms. The van der Waals surface area contributed by atoms with Crippen LogP contribution in [-0.2, 0) is 10.0 Å². The third kappa shape index (κ3) is 4.66. The summed E-state index contributed by atoms with van der Waals surface area (Å²) < 4.78 is 30.4. The Morgan fingerprint density at radius 2 is 2.29 bits per heavy atom. The first kappa shape index (κ1) is 16.2. The van der Waals surface area contributed by atoms with E-state index in [1.165, 1.54) is 10.6 Å². The Kier molecular flexibility index (Phi) is 5.18. The van der Waals surface area contributed by atoms with E-state index in [4.69, 9.17) is 22.7 Å². The van der Waals surface area contributed by atoms with Gasteiger partial charge in [0.15, 0.2) is 0 Å². The maximum absolute atomic E-state index is 11.6. The fraction of sp³-hybridized carbons (Fsp3) is 0.500. The van der Waals surface area contributed by atoms with Gasteiger partial charge in [-0.25, -0.2) is 12.7 Å². The minimum absolute atomic E-state index is 0.210. The highest BCUT2D eigenvalue weighted by molar-refractivity contribution is 7.88. The zero-order chi connectivity index (χ0) is 15.5. The van der Waals surface area contributed by atoms with Crippen LogP contribution in [0.15, 0.2) is 24.3 Å². The molecule has 1 aromatic rings. The minimum atomic E-state index is -3.12. The van der Waals surface area contributed by atoms with Crippen LogP contribution in [0.25, 0.3) is 0 Å². The van der Waals surface area contributed by atoms with E-state index < -0.39 is 10.0 Å². The van der Waals surface area contributed by atoms with Crippen LogP contribution in [0.5, 0.6) is 5.75 Å². The molecule has 0 saturated carbocycles. The van der Waals surface area contributed by atoms with Crippen molar-refractivity contribution in [3.8, 4) is 5.75 Å². The molecule has 0 radical (unpaired) electrons. The van der Waals surface area contributed by atoms with Crippen LogP contribution in [-0.4, -0.2) is 43.7 Å². The Labute approximate surface area is 131 Å². The van der Waals surface area contributed by atoms with Crippen molar-refractivity contribution < 1.29 is 13.2 Å². The van der Waals surface area contributed by atoms with Crippen molar-refractivity contribution in [3.05, 3.63) is 29.8 Å². The Balaban J connectivity index is 1.94. The second-order valence-electron chi connectivity index (χ2n) is 5.33. The summed E-state index contributed by atoms with van der Waals surface area (Å²) in [6.45, 7) is 1.62. The maximum Gasteiger partial charge on any atom is 0.211 e. The van der Waals surface area contributed by atoms with Crippen molar-refractivity contribution in [3.63, 3.8) is 0 Å². The Morgan fingerprint density at radius 3 is 2.95 bits per heavy atom. The third-order valence-corrected chi connectivity index (χ3v) is 5.06. The molecule has 1 saturated heterocycles. The summed E-state index contributed by atoms with van der Waals surface area (Å²) in [5.41, 5.74) is 6.36. The monoisotopic (exact) mass is 328 g/mol. The predicted molar refractivity (Wildman–Crippen MR) is 87.0 cm³/mol. The fourth-order valence-corrected chi connectivity index (χ4v) is 3.49. The zero-order valence-corrected chi connectivity index (χ0v) is 13.6. The number of nitrogens with two attached hydrogens (primary N) is 1. The lowest BCUT2D eigenvalue weighted by Crippen LogP contribution is -2.40. The highest BCUT2D eigenvalue weighted by atomic mass is 32.2. The minimum Gasteiger partial charge on any atom is -0.493 e. The number of piperidine rings is 1. The van der Waals surface area contributed by atoms with Gasteiger partial charge in [0.05, 0.1) is 12.9 Å². The largest absolute Gasteiger partial charge is 0.493 e. The van der Waals surface area contributed by atoms with Gasteiger partial charge in [-0.3, -0.25) is 0 Å². The molecule has 1 aliphatic rings. The summed E-state index contributed by atoms with van der Waals surface area (Å²) >= 11 is 4.94. The van der Waals surface area contributed by atoms with Crippen LogP contribution in [0, 0.1) is 5.92 Å². The molecule has 0 aromatic heterocycles. The van der Waals surface area contributed by atoms with Crippen LogP contribution in [0.4, 0.5) is 0 Å². The summed E-state index contributed by atoms with van der Waals surface area (Å²) in [4.78, 5) is 0.335. The van der Waals surface area contributed by atoms with Gasteiger partial charge in [0.25, 0.3) is 0 Å². The van der Waals surface area contributed by atoms with Gasteiger partial charge >= 0.3 is 0 Å². The van der Waals surface area contributed by atoms with Crippen LogP contribution in [0.3, 0.4) is 0 Å². The van der Waals surface area contributed by atoms with Gasteiger partial charge in [0, 0.05) is 24.6 Å². The Morgan fingerprint density at radius 1 is 1.52 bits per heavy atom. The average Bonchev–Trinajstić information content (AvgIpc) is 2.45. The molecule has 5 nitrogen and oxygen atoms in total. The highest BCUT2D eigenvalue weighted by Crippen LogP contribution is 2.21. The van der Waals surface area contributed by atoms with Crippen LogP contribution in [0.2, 0.25) is 0 Å². The lowest BCUT2D eigenvalue weighted by Gasteiger charge is -2.30. The molecule has 7 heteroatoms. The molecule has 2 rings (SSSR count). The smallest absolute Gasteiger partial charge is 0.211 e. The summed E-state index contributed by atoms with van der Waals surface area (Å²) in [6.07, 6.45) is 3.09. The van der Waals surface area contributed by atoms with Crippen molar-refractivity contribution in [2.75, 3.05) is 26.0 Å². The van der Waals surface area contributed by atoms with Crippen molar-refractivity contribution >= 4 is 27.2 Å². The number of sulfonamides is 1. The molecule has 0 amide bonds. The first-order valence-electron chi connectivity index (χ1n) is 6.84. The Hall–Kier alpha value is -1.18. The normalized spacial score (nSPS) is 20.1. The number of hydrogen-bond donors (Lipinski definition) is 1. The van der Waals surface area contributed by atoms with E-state index in [1.807, 2.05) is 18.2 Å². The van der Waals surface area contributed by atoms with Gasteiger partial charge in [-0.1, -0.05) is 24.4 Å². The van der Waals surface area contributed by atoms with Gasteiger partial charge < -0.3 is 10.5 Å². The predicted octanol–water partition coefficient (Wildman–Crippen LogP) is 1.37. The van der Waals surface area contributed by atoms with E-state index in [9.17, 15) is 8.42 Å². The van der Waals surface area contributed by atoms with Crippen molar-refractivity contribution in [2.45, 2.75) is 12.8 Å². The summed E-state index contributed by atoms with van der Waals surface area (Å²) in [7, 11) is -3.12. The SMILES string of the molecule is CS(=O)(=O)N1CCCC(COc2cccc(C(N)=S)c2)C1. The Bertz CT molecular complexity index is 616. The molecule has 116 valence electrons. The number of thiocarbonyl (C=S) groups is 1. The molecule has 1 unspecified atom stereocenters. The van der Waals surface area contributed by atoms with E-state index in [0.717, 1.165) is 18.4 Å². The maximum atomic E-state index is 11.6. The van der Waals surface area contributed by atoms with Gasteiger partial charge in [0.2, 0.25) is 10.0 Å². The van der Waals surface area contributed by atoms with Gasteiger partial charge in [-0.2, -0.15) is 0 Å². The quantitative estimate of drug-likeness (QED) is 0.827. The molecular weight excluding hydrogens is 308 g/mol. The van der Waals surface area contributed by atoms with Gasteiger partial charge in [-0.05, 0) is 25.0 Å². The summed E-state index contributed by atoms with van der Waals surface area (Å²) in [5, 5.41) is 0. The molecule has 1 fully saturated rings. The average molecular weight is 328 g/mol. The second kappa shape index (κ2) is 6.72. The first-order chi connectivity index (χ1) is 9.86. The van der Waals surface area contributed by atoms with E-state index in [0.29, 0.717) is 30.4 Å². The standard InChI is InChI=1S/C14H20N2O3S2/c1-21(17,18)16-7-3-4-11(9-16)10-19-13-6-2-5-12(8-13)14(15)20/h2,5-6,8,11H,3-4,7,9-10H2,1H3,(H2,15,20). The molecule has 0 bridgehead atoms. The van der Waals surface area contributed by atoms with E-state index in [1.54, 1.807) is 6.07 Å². The number of hydrogen-bond acceptors (Lipinski definition) is 4. The fourth-order valence-electron chi connectivity index (χ4n) is 2.42. The number of rotatable bonds is 5. The molecular formula is C14H20N2O3S2. The number of ether oxygens (including phenoxy) is 1. The molecule has 1 heterocycles. The summed E-state index contributed by atoms with van der Waals surface area (Å²) in [6, 6.07) is 7.33. The van der Waals surface area contributed by atoms with Gasteiger partial charge in [0.1, 0.15) is 10.7 Å². The second-order valence-corrected chi connectivity index (χ2v) is 7.75. The topological polar surface area (TPSA) is 72.6 Å². The van der Waals surface area contributed by atoms with Crippen molar-refractivity contribution in [1.29, 1.82) is 0 Å². The van der Waals surface area contributed by atoms with Crippen molar-refractivity contribution in [1.82, 2.24) is 4.31 Å². The third-order valence-electron chi connectivity index (χ3n) is 3.55. The molecule has 2 N–H and O–H groups in total. The van der Waals surface area contributed by atoms with Gasteiger partial charge in [-0.15, -0.1) is 0 Å². The lowest BCUT2D eigenvalue weighted by molar-refractivity contribution is 0.180. The van der Waals surface area contributed by atoms with E-state index in [2.05, 4.69) is 0 Å². The van der Waals surface area contributed by atoms with E-state index in [-0.39, 0.29) is 5.92 Å². The molecule has 1 atom stereocenters. The summed E-state index contributed by atoms with van der Waals surface area (Å²) in [5.74, 6) is 0.915. The van der Waals surface area contributed by atoms with Crippen LogP contribution >= 0.6 is 12.2 Å². The number of nitrogens with zero attached hydrogens (tertiary/aromatic N) is 1. The van der Waals surface area contributed by atoms with E-state index >= 15 is 0 Å². The van der Waals surface area contributed by atoms with Crippen LogP contribution in [0.1, 0.15) is 18.4 Å². The van der Waals surface area contributed by atoms with Crippen LogP contribution < -0.4 is 10.5 Å². The molecule has 0 aliphatic carbocycles. The lowest BCUT2D eigenvalue weighted by atomic mass is 10.0. The number of benzene rings is 1. The molecule has 21 heavy (non-hydrogen) atoms. The highest BCUT2D eigenvalue weighted by Gasteiger charge is 2.26. The zero-order valence-electron chi connectivity index (χ0n) is 12.0. The molecule has 1 aliphatic heterocycles.